The Morgan fingerprint density at radius 2 is 0.917 bits per heavy atom. The maximum Gasteiger partial charge on any atom is 0.140 e. The summed E-state index contributed by atoms with van der Waals surface area (Å²) in [5.41, 5.74) is 14.0. The first kappa shape index (κ1) is 26.1. The van der Waals surface area contributed by atoms with E-state index in [9.17, 15) is 0 Å². The van der Waals surface area contributed by atoms with Gasteiger partial charge in [-0.2, -0.15) is 0 Å². The summed E-state index contributed by atoms with van der Waals surface area (Å²) in [5.74, 6) is 0. The molecule has 0 saturated carbocycles. The highest BCUT2D eigenvalue weighted by molar-refractivity contribution is 6.12. The fraction of sp³-hybridized carbons (Fsp3) is 0.0667. The molecule has 48 heavy (non-hydrogen) atoms. The third-order valence-electron chi connectivity index (χ3n) is 10.9. The van der Waals surface area contributed by atoms with Gasteiger partial charge in [0.2, 0.25) is 0 Å². The largest absolute Gasteiger partial charge is 0.456 e. The van der Waals surface area contributed by atoms with Gasteiger partial charge in [-0.05, 0) is 77.4 Å². The lowest BCUT2D eigenvalue weighted by Gasteiger charge is -2.22. The molecule has 3 aromatic heterocycles. The first-order valence-corrected chi connectivity index (χ1v) is 16.7. The zero-order chi connectivity index (χ0) is 31.7. The summed E-state index contributed by atoms with van der Waals surface area (Å²) >= 11 is 0. The highest BCUT2D eigenvalue weighted by Gasteiger charge is 2.39. The Morgan fingerprint density at radius 3 is 1.48 bits per heavy atom. The fourth-order valence-corrected chi connectivity index (χ4v) is 8.77. The zero-order valence-corrected chi connectivity index (χ0v) is 26.7. The second kappa shape index (κ2) is 9.05. The third-order valence-corrected chi connectivity index (χ3v) is 10.9. The molecule has 0 fully saturated rings. The summed E-state index contributed by atoms with van der Waals surface area (Å²) in [6.07, 6.45) is 0. The monoisotopic (exact) mass is 614 g/mol. The lowest BCUT2D eigenvalue weighted by molar-refractivity contribution is 0.619. The summed E-state index contributed by atoms with van der Waals surface area (Å²) in [4.78, 5) is 0. The summed E-state index contributed by atoms with van der Waals surface area (Å²) < 4.78 is 11.6. The van der Waals surface area contributed by atoms with Crippen LogP contribution in [0.1, 0.15) is 25.0 Å². The Balaban J connectivity index is 1.11. The number of nitrogens with zero attached hydrogens (tertiary/aromatic N) is 2. The fourth-order valence-electron chi connectivity index (χ4n) is 8.77. The lowest BCUT2D eigenvalue weighted by Crippen LogP contribution is -2.15. The van der Waals surface area contributed by atoms with E-state index in [4.69, 9.17) is 4.42 Å². The van der Waals surface area contributed by atoms with Gasteiger partial charge in [-0.25, -0.2) is 0 Å². The molecule has 10 aromatic rings. The SMILES string of the molecule is CC1(C)c2cc(-n3c4ccccc4c4ccccc43)ccc2-c2ccc3c(oc4ccc(-n5c6ccccc6c6ccccc65)cc43)c21. The molecule has 0 radical (unpaired) electrons. The van der Waals surface area contributed by atoms with Gasteiger partial charge in [0.05, 0.1) is 22.1 Å². The smallest absolute Gasteiger partial charge is 0.140 e. The van der Waals surface area contributed by atoms with Crippen LogP contribution in [-0.2, 0) is 5.41 Å². The minimum atomic E-state index is -0.248. The quantitative estimate of drug-likeness (QED) is 0.190. The highest BCUT2D eigenvalue weighted by Crippen LogP contribution is 2.53. The molecule has 0 saturated heterocycles. The minimum Gasteiger partial charge on any atom is -0.456 e. The first-order valence-electron chi connectivity index (χ1n) is 16.7. The van der Waals surface area contributed by atoms with Crippen molar-refractivity contribution in [1.29, 1.82) is 0 Å². The average molecular weight is 615 g/mol. The van der Waals surface area contributed by atoms with Gasteiger partial charge in [0.15, 0.2) is 0 Å². The Bertz CT molecular complexity index is 2880. The summed E-state index contributed by atoms with van der Waals surface area (Å²) in [5, 5.41) is 7.39. The summed E-state index contributed by atoms with van der Waals surface area (Å²) in [6.45, 7) is 4.70. The number of hydrogen-bond donors (Lipinski definition) is 0. The van der Waals surface area contributed by atoms with Gasteiger partial charge in [0, 0.05) is 54.7 Å². The molecule has 226 valence electrons. The number of furan rings is 1. The Hall–Kier alpha value is -6.06. The van der Waals surface area contributed by atoms with Crippen LogP contribution in [0, 0.1) is 0 Å². The highest BCUT2D eigenvalue weighted by atomic mass is 16.3. The van der Waals surface area contributed by atoms with Crippen molar-refractivity contribution in [1.82, 2.24) is 9.13 Å². The normalized spacial score (nSPS) is 13.8. The van der Waals surface area contributed by atoms with Crippen molar-refractivity contribution < 1.29 is 4.42 Å². The van der Waals surface area contributed by atoms with E-state index in [1.807, 2.05) is 0 Å². The number of benzene rings is 7. The van der Waals surface area contributed by atoms with E-state index in [2.05, 4.69) is 169 Å². The van der Waals surface area contributed by atoms with Gasteiger partial charge in [-0.3, -0.25) is 0 Å². The number of para-hydroxylation sites is 4. The second-order valence-corrected chi connectivity index (χ2v) is 13.7. The summed E-state index contributed by atoms with van der Waals surface area (Å²) in [7, 11) is 0. The standard InChI is InChI=1S/C45H30N2O/c1-45(2)37-26-28(47-40-17-9-5-13-32(40)33-14-6-10-18-41(33)47)19-21-29(37)34-22-23-35-36-25-27(20-24-42(36)48-44(35)43(34)45)46-38-15-7-3-11-30(38)31-12-4-8-16-39(31)46/h3-26H,1-2H3. The molecule has 0 spiro atoms. The van der Waals surface area contributed by atoms with Gasteiger partial charge in [-0.15, -0.1) is 0 Å². The lowest BCUT2D eigenvalue weighted by atomic mass is 9.81. The Morgan fingerprint density at radius 1 is 0.438 bits per heavy atom. The first-order chi connectivity index (χ1) is 23.6. The van der Waals surface area contributed by atoms with E-state index in [1.54, 1.807) is 0 Å². The topological polar surface area (TPSA) is 23.0 Å². The molecule has 0 bridgehead atoms. The van der Waals surface area contributed by atoms with Crippen molar-refractivity contribution in [3.8, 4) is 22.5 Å². The van der Waals surface area contributed by atoms with Crippen molar-refractivity contribution in [2.75, 3.05) is 0 Å². The second-order valence-electron chi connectivity index (χ2n) is 13.7. The van der Waals surface area contributed by atoms with Crippen LogP contribution < -0.4 is 0 Å². The van der Waals surface area contributed by atoms with E-state index in [0.29, 0.717) is 0 Å². The maximum absolute atomic E-state index is 6.81. The van der Waals surface area contributed by atoms with Crippen LogP contribution in [0.15, 0.2) is 150 Å². The molecule has 0 aliphatic heterocycles. The molecule has 7 aromatic carbocycles. The molecule has 0 amide bonds. The van der Waals surface area contributed by atoms with Gasteiger partial charge >= 0.3 is 0 Å². The average Bonchev–Trinajstić information content (AvgIpc) is 3.83. The third kappa shape index (κ3) is 3.23. The molecule has 1 aliphatic rings. The van der Waals surface area contributed by atoms with Crippen molar-refractivity contribution >= 4 is 65.6 Å². The predicted molar refractivity (Wildman–Crippen MR) is 200 cm³/mol. The van der Waals surface area contributed by atoms with Gasteiger partial charge < -0.3 is 13.6 Å². The zero-order valence-electron chi connectivity index (χ0n) is 26.7. The van der Waals surface area contributed by atoms with Crippen LogP contribution >= 0.6 is 0 Å². The van der Waals surface area contributed by atoms with Gasteiger partial charge in [0.1, 0.15) is 11.2 Å². The van der Waals surface area contributed by atoms with Crippen LogP contribution in [0.5, 0.6) is 0 Å². The molecule has 0 unspecified atom stereocenters. The van der Waals surface area contributed by atoms with E-state index >= 15 is 0 Å². The molecule has 1 aliphatic carbocycles. The van der Waals surface area contributed by atoms with E-state index in [0.717, 1.165) is 27.6 Å². The van der Waals surface area contributed by atoms with Crippen LogP contribution in [0.4, 0.5) is 0 Å². The molecule has 11 rings (SSSR count). The molecule has 0 N–H and O–H groups in total. The van der Waals surface area contributed by atoms with Crippen molar-refractivity contribution in [2.45, 2.75) is 19.3 Å². The number of fused-ring (bicyclic) bond motifs is 13. The minimum absolute atomic E-state index is 0.248. The molecular weight excluding hydrogens is 585 g/mol. The Kier molecular flexibility index (Phi) is 4.91. The molecule has 3 heteroatoms. The molecular formula is C45H30N2O. The number of hydrogen-bond acceptors (Lipinski definition) is 1. The van der Waals surface area contributed by atoms with E-state index < -0.39 is 0 Å². The van der Waals surface area contributed by atoms with E-state index in [1.165, 1.54) is 71.6 Å². The molecule has 3 heterocycles. The maximum atomic E-state index is 6.81. The van der Waals surface area contributed by atoms with Crippen LogP contribution in [-0.4, -0.2) is 9.13 Å². The van der Waals surface area contributed by atoms with Gasteiger partial charge in [-0.1, -0.05) is 98.8 Å². The van der Waals surface area contributed by atoms with Crippen LogP contribution in [0.25, 0.3) is 88.1 Å². The predicted octanol–water partition coefficient (Wildman–Crippen LogP) is 12.1. The molecule has 0 atom stereocenters. The Labute approximate surface area is 276 Å². The van der Waals surface area contributed by atoms with Gasteiger partial charge in [0.25, 0.3) is 0 Å². The van der Waals surface area contributed by atoms with Crippen molar-refractivity contribution in [3.63, 3.8) is 0 Å². The summed E-state index contributed by atoms with van der Waals surface area (Å²) in [6, 6.07) is 53.0. The van der Waals surface area contributed by atoms with Crippen molar-refractivity contribution in [3.05, 3.63) is 157 Å². The number of aromatic nitrogens is 2. The molecule has 3 nitrogen and oxygen atoms in total. The van der Waals surface area contributed by atoms with Crippen molar-refractivity contribution in [2.24, 2.45) is 0 Å². The van der Waals surface area contributed by atoms with E-state index in [-0.39, 0.29) is 5.41 Å². The van der Waals surface area contributed by atoms with Crippen LogP contribution in [0.3, 0.4) is 0 Å². The number of rotatable bonds is 2. The van der Waals surface area contributed by atoms with Crippen LogP contribution in [0.2, 0.25) is 0 Å².